The first-order valence-corrected chi connectivity index (χ1v) is 7.91. The predicted molar refractivity (Wildman–Crippen MR) is 87.9 cm³/mol. The highest BCUT2D eigenvalue weighted by atomic mass is 127. The van der Waals surface area contributed by atoms with Crippen LogP contribution in [0.25, 0.3) is 0 Å². The molecule has 0 saturated carbocycles. The van der Waals surface area contributed by atoms with Crippen molar-refractivity contribution in [3.63, 3.8) is 0 Å². The second-order valence-electron chi connectivity index (χ2n) is 4.32. The van der Waals surface area contributed by atoms with Crippen LogP contribution >= 0.6 is 22.6 Å². The molecule has 1 aromatic heterocycles. The van der Waals surface area contributed by atoms with Gasteiger partial charge in [0.05, 0.1) is 12.4 Å². The van der Waals surface area contributed by atoms with Crippen molar-refractivity contribution in [1.29, 1.82) is 0 Å². The van der Waals surface area contributed by atoms with E-state index >= 15 is 0 Å². The zero-order chi connectivity index (χ0) is 14.4. The van der Waals surface area contributed by atoms with E-state index in [9.17, 15) is 9.90 Å². The standard InChI is InChI=1S/C14H16IN3O2/c15-8-4-5-9-17-13(19)11-18(14(17)20)16-10-12-6-2-1-3-7-12/h1-3,6-7,10-11,19H,4-5,8-9H2. The van der Waals surface area contributed by atoms with Gasteiger partial charge in [0.25, 0.3) is 0 Å². The van der Waals surface area contributed by atoms with Crippen LogP contribution in [0, 0.1) is 0 Å². The first-order chi connectivity index (χ1) is 9.72. The average Bonchev–Trinajstić information content (AvgIpc) is 2.74. The molecule has 0 aliphatic heterocycles. The molecule has 0 saturated heterocycles. The maximum atomic E-state index is 12.1. The number of aromatic nitrogens is 2. The van der Waals surface area contributed by atoms with E-state index in [2.05, 4.69) is 27.7 Å². The van der Waals surface area contributed by atoms with E-state index in [1.54, 1.807) is 6.21 Å². The van der Waals surface area contributed by atoms with Crippen LogP contribution in [0.4, 0.5) is 0 Å². The number of alkyl halides is 1. The van der Waals surface area contributed by atoms with E-state index in [4.69, 9.17) is 0 Å². The monoisotopic (exact) mass is 385 g/mol. The molecule has 20 heavy (non-hydrogen) atoms. The highest BCUT2D eigenvalue weighted by Gasteiger charge is 2.08. The average molecular weight is 385 g/mol. The first-order valence-electron chi connectivity index (χ1n) is 6.39. The molecule has 0 spiro atoms. The number of unbranched alkanes of at least 4 members (excludes halogenated alkanes) is 1. The Balaban J connectivity index is 2.15. The maximum absolute atomic E-state index is 12.1. The Morgan fingerprint density at radius 1 is 1.25 bits per heavy atom. The van der Waals surface area contributed by atoms with Crippen molar-refractivity contribution in [1.82, 2.24) is 9.24 Å². The summed E-state index contributed by atoms with van der Waals surface area (Å²) in [6.07, 6.45) is 4.82. The molecule has 2 rings (SSSR count). The van der Waals surface area contributed by atoms with E-state index in [1.165, 1.54) is 10.8 Å². The summed E-state index contributed by atoms with van der Waals surface area (Å²) in [5.41, 5.74) is 0.583. The van der Waals surface area contributed by atoms with E-state index in [1.807, 2.05) is 30.3 Å². The summed E-state index contributed by atoms with van der Waals surface area (Å²) < 4.78 is 3.54. The second kappa shape index (κ2) is 7.28. The lowest BCUT2D eigenvalue weighted by Gasteiger charge is -2.00. The molecule has 0 radical (unpaired) electrons. The van der Waals surface area contributed by atoms with Crippen LogP contribution in [-0.2, 0) is 6.54 Å². The van der Waals surface area contributed by atoms with Gasteiger partial charge in [0.2, 0.25) is 5.88 Å². The Hall–Kier alpha value is -1.57. The summed E-state index contributed by atoms with van der Waals surface area (Å²) in [7, 11) is 0. The van der Waals surface area contributed by atoms with Crippen LogP contribution in [0.15, 0.2) is 46.4 Å². The number of hydrogen-bond donors (Lipinski definition) is 1. The SMILES string of the molecule is O=c1n(N=Cc2ccccc2)cc(O)n1CCCCI. The Kier molecular flexibility index (Phi) is 5.40. The van der Waals surface area contributed by atoms with Crippen LogP contribution in [0.2, 0.25) is 0 Å². The van der Waals surface area contributed by atoms with E-state index in [0.29, 0.717) is 6.54 Å². The van der Waals surface area contributed by atoms with Gasteiger partial charge in [-0.3, -0.25) is 4.57 Å². The van der Waals surface area contributed by atoms with Gasteiger partial charge in [0.15, 0.2) is 0 Å². The predicted octanol–water partition coefficient (Wildman–Crippen LogP) is 2.45. The summed E-state index contributed by atoms with van der Waals surface area (Å²) in [5, 5.41) is 13.9. The topological polar surface area (TPSA) is 59.5 Å². The molecule has 0 bridgehead atoms. The number of rotatable bonds is 6. The minimum Gasteiger partial charge on any atom is -0.493 e. The van der Waals surface area contributed by atoms with Gasteiger partial charge in [-0.2, -0.15) is 9.78 Å². The molecule has 2 aromatic rings. The van der Waals surface area contributed by atoms with E-state index in [0.717, 1.165) is 27.5 Å². The minimum absolute atomic E-state index is 0.0475. The summed E-state index contributed by atoms with van der Waals surface area (Å²) in [4.78, 5) is 12.1. The van der Waals surface area contributed by atoms with Gasteiger partial charge < -0.3 is 5.11 Å². The van der Waals surface area contributed by atoms with Crippen LogP contribution < -0.4 is 5.69 Å². The van der Waals surface area contributed by atoms with Gasteiger partial charge >= 0.3 is 5.69 Å². The molecular weight excluding hydrogens is 369 g/mol. The fourth-order valence-corrected chi connectivity index (χ4v) is 2.32. The Morgan fingerprint density at radius 3 is 2.70 bits per heavy atom. The summed E-state index contributed by atoms with van der Waals surface area (Å²) in [6, 6.07) is 9.50. The highest BCUT2D eigenvalue weighted by molar-refractivity contribution is 14.1. The molecule has 0 fully saturated rings. The molecule has 0 atom stereocenters. The van der Waals surface area contributed by atoms with E-state index in [-0.39, 0.29) is 11.6 Å². The van der Waals surface area contributed by atoms with Crippen molar-refractivity contribution in [3.05, 3.63) is 52.6 Å². The van der Waals surface area contributed by atoms with Crippen molar-refractivity contribution in [2.45, 2.75) is 19.4 Å². The number of nitrogens with zero attached hydrogens (tertiary/aromatic N) is 3. The normalized spacial score (nSPS) is 11.2. The van der Waals surface area contributed by atoms with Gasteiger partial charge in [0.1, 0.15) is 0 Å². The lowest BCUT2D eigenvalue weighted by Crippen LogP contribution is -2.22. The van der Waals surface area contributed by atoms with Crippen molar-refractivity contribution in [2.75, 3.05) is 4.43 Å². The number of hydrogen-bond acceptors (Lipinski definition) is 3. The highest BCUT2D eigenvalue weighted by Crippen LogP contribution is 2.08. The van der Waals surface area contributed by atoms with Gasteiger partial charge in [-0.05, 0) is 22.8 Å². The largest absolute Gasteiger partial charge is 0.493 e. The fraction of sp³-hybridized carbons (Fsp3) is 0.286. The summed E-state index contributed by atoms with van der Waals surface area (Å²) in [6.45, 7) is 0.515. The van der Waals surface area contributed by atoms with E-state index < -0.39 is 0 Å². The lowest BCUT2D eigenvalue weighted by molar-refractivity contribution is 0.409. The number of aromatic hydroxyl groups is 1. The van der Waals surface area contributed by atoms with Crippen LogP contribution in [0.1, 0.15) is 18.4 Å². The molecule has 0 aliphatic rings. The van der Waals surface area contributed by atoms with Crippen LogP contribution in [0.5, 0.6) is 5.88 Å². The Labute approximate surface area is 130 Å². The van der Waals surface area contributed by atoms with Gasteiger partial charge in [-0.25, -0.2) is 4.79 Å². The van der Waals surface area contributed by atoms with Crippen molar-refractivity contribution >= 4 is 28.8 Å². The zero-order valence-electron chi connectivity index (χ0n) is 10.9. The molecule has 5 nitrogen and oxygen atoms in total. The van der Waals surface area contributed by atoms with Crippen LogP contribution in [0.3, 0.4) is 0 Å². The first kappa shape index (κ1) is 14.8. The molecule has 0 unspecified atom stereocenters. The second-order valence-corrected chi connectivity index (χ2v) is 5.40. The minimum atomic E-state index is -0.317. The number of benzene rings is 1. The molecule has 1 heterocycles. The lowest BCUT2D eigenvalue weighted by atomic mass is 10.2. The third kappa shape index (κ3) is 3.72. The number of halogens is 1. The zero-order valence-corrected chi connectivity index (χ0v) is 13.1. The number of imidazole rings is 1. The van der Waals surface area contributed by atoms with Gasteiger partial charge in [-0.1, -0.05) is 52.9 Å². The van der Waals surface area contributed by atoms with Gasteiger partial charge in [-0.15, -0.1) is 0 Å². The van der Waals surface area contributed by atoms with Crippen molar-refractivity contribution < 1.29 is 5.11 Å². The molecule has 0 aliphatic carbocycles. The molecule has 1 aromatic carbocycles. The third-order valence-corrected chi connectivity index (χ3v) is 3.60. The smallest absolute Gasteiger partial charge is 0.351 e. The third-order valence-electron chi connectivity index (χ3n) is 2.84. The summed E-state index contributed by atoms with van der Waals surface area (Å²) >= 11 is 2.29. The van der Waals surface area contributed by atoms with Crippen LogP contribution in [-0.4, -0.2) is 25.0 Å². The fourth-order valence-electron chi connectivity index (χ4n) is 1.78. The summed E-state index contributed by atoms with van der Waals surface area (Å²) in [5.74, 6) is -0.0475. The molecule has 0 amide bonds. The van der Waals surface area contributed by atoms with Gasteiger partial charge in [0, 0.05) is 6.54 Å². The quantitative estimate of drug-likeness (QED) is 0.360. The molecular formula is C14H16IN3O2. The van der Waals surface area contributed by atoms with Crippen molar-refractivity contribution in [2.24, 2.45) is 5.10 Å². The maximum Gasteiger partial charge on any atom is 0.351 e. The molecule has 106 valence electrons. The Morgan fingerprint density at radius 2 is 2.00 bits per heavy atom. The Bertz CT molecular complexity index is 632. The molecule has 6 heteroatoms. The van der Waals surface area contributed by atoms with Crippen molar-refractivity contribution in [3.8, 4) is 5.88 Å². The molecule has 1 N–H and O–H groups in total.